The molecule has 2 bridgehead atoms. The molecule has 0 saturated carbocycles. The fourth-order valence-electron chi connectivity index (χ4n) is 5.36. The van der Waals surface area contributed by atoms with Crippen LogP contribution in [0.2, 0.25) is 5.02 Å². The van der Waals surface area contributed by atoms with Crippen LogP contribution in [-0.2, 0) is 25.5 Å². The number of carbonyl (C=O) groups is 3. The molecule has 2 aromatic carbocycles. The van der Waals surface area contributed by atoms with Crippen LogP contribution < -0.4 is 5.32 Å². The van der Waals surface area contributed by atoms with Gasteiger partial charge in [0.2, 0.25) is 11.8 Å². The molecule has 2 N–H and O–H groups in total. The lowest BCUT2D eigenvalue weighted by atomic mass is 9.94. The summed E-state index contributed by atoms with van der Waals surface area (Å²) >= 11 is 5.88. The number of fused-ring (bicyclic) bond motifs is 4. The molecule has 2 aliphatic heterocycles. The summed E-state index contributed by atoms with van der Waals surface area (Å²) in [6.07, 6.45) is 4.99. The first-order valence-electron chi connectivity index (χ1n) is 13.4. The lowest BCUT2D eigenvalue weighted by Crippen LogP contribution is -2.37. The predicted molar refractivity (Wildman–Crippen MR) is 150 cm³/mol. The molecule has 0 fully saturated rings. The minimum Gasteiger partial charge on any atom is -0.469 e. The van der Waals surface area contributed by atoms with Gasteiger partial charge in [-0.25, -0.2) is 13.8 Å². The highest BCUT2D eigenvalue weighted by atomic mass is 35.5. The SMILES string of the molecule is COC(=O)Cc1ccc2c(c1)NC(=O)[C@H](C)CCC[C@H](N1CCC(c3c(F)ccc(Cl)c3F)=CC1=O)c1cnc-2[nH]1. The number of halogens is 3. The fourth-order valence-corrected chi connectivity index (χ4v) is 5.52. The van der Waals surface area contributed by atoms with E-state index in [1.807, 2.05) is 6.92 Å². The van der Waals surface area contributed by atoms with Crippen molar-refractivity contribution in [2.75, 3.05) is 19.0 Å². The number of imidazole rings is 1. The van der Waals surface area contributed by atoms with Crippen LogP contribution in [0.1, 0.15) is 55.5 Å². The Morgan fingerprint density at radius 3 is 2.76 bits per heavy atom. The average Bonchev–Trinajstić information content (AvgIpc) is 3.43. The lowest BCUT2D eigenvalue weighted by molar-refractivity contribution is -0.139. The zero-order valence-electron chi connectivity index (χ0n) is 22.6. The van der Waals surface area contributed by atoms with E-state index in [2.05, 4.69) is 15.3 Å². The van der Waals surface area contributed by atoms with Crippen LogP contribution in [0.15, 0.2) is 42.6 Å². The molecule has 2 aliphatic rings. The summed E-state index contributed by atoms with van der Waals surface area (Å²) in [6.45, 7) is 2.07. The van der Waals surface area contributed by atoms with Gasteiger partial charge in [-0.3, -0.25) is 14.4 Å². The van der Waals surface area contributed by atoms with Gasteiger partial charge in [-0.2, -0.15) is 0 Å². The monoisotopic (exact) mass is 582 g/mol. The topological polar surface area (TPSA) is 104 Å². The van der Waals surface area contributed by atoms with Crippen molar-refractivity contribution in [1.82, 2.24) is 14.9 Å². The van der Waals surface area contributed by atoms with Crippen LogP contribution in [0.25, 0.3) is 17.0 Å². The Morgan fingerprint density at radius 2 is 2.00 bits per heavy atom. The van der Waals surface area contributed by atoms with Gasteiger partial charge in [-0.1, -0.05) is 31.0 Å². The van der Waals surface area contributed by atoms with Crippen molar-refractivity contribution in [3.05, 3.63) is 76.1 Å². The predicted octanol–water partition coefficient (Wildman–Crippen LogP) is 5.84. The van der Waals surface area contributed by atoms with Crippen molar-refractivity contribution in [3.63, 3.8) is 0 Å². The number of aromatic nitrogens is 2. The second-order valence-electron chi connectivity index (χ2n) is 10.3. The normalized spacial score (nSPS) is 19.4. The molecule has 41 heavy (non-hydrogen) atoms. The van der Waals surface area contributed by atoms with Gasteiger partial charge in [0, 0.05) is 24.1 Å². The second kappa shape index (κ2) is 11.8. The molecule has 5 rings (SSSR count). The first kappa shape index (κ1) is 28.5. The van der Waals surface area contributed by atoms with Crippen LogP contribution in [0.4, 0.5) is 14.5 Å². The van der Waals surface area contributed by atoms with E-state index in [0.29, 0.717) is 47.6 Å². The summed E-state index contributed by atoms with van der Waals surface area (Å²) < 4.78 is 34.0. The molecule has 0 radical (unpaired) electrons. The number of hydrogen-bond acceptors (Lipinski definition) is 5. The highest BCUT2D eigenvalue weighted by Crippen LogP contribution is 2.37. The third-order valence-corrected chi connectivity index (χ3v) is 7.93. The maximum absolute atomic E-state index is 14.7. The van der Waals surface area contributed by atoms with Gasteiger partial charge in [0.1, 0.15) is 11.6 Å². The van der Waals surface area contributed by atoms with Crippen LogP contribution >= 0.6 is 11.6 Å². The third kappa shape index (κ3) is 5.88. The number of hydrogen-bond donors (Lipinski definition) is 2. The second-order valence-corrected chi connectivity index (χ2v) is 10.7. The summed E-state index contributed by atoms with van der Waals surface area (Å²) in [5, 5.41) is 2.77. The Hall–Kier alpha value is -4.05. The van der Waals surface area contributed by atoms with Gasteiger partial charge in [0.25, 0.3) is 0 Å². The third-order valence-electron chi connectivity index (χ3n) is 7.63. The lowest BCUT2D eigenvalue weighted by Gasteiger charge is -2.34. The van der Waals surface area contributed by atoms with E-state index in [1.54, 1.807) is 29.3 Å². The molecule has 2 atom stereocenters. The quantitative estimate of drug-likeness (QED) is 0.297. The molecule has 214 valence electrons. The van der Waals surface area contributed by atoms with E-state index in [0.717, 1.165) is 12.1 Å². The van der Waals surface area contributed by atoms with Crippen molar-refractivity contribution in [3.8, 4) is 11.4 Å². The highest BCUT2D eigenvalue weighted by molar-refractivity contribution is 6.31. The number of anilines is 1. The summed E-state index contributed by atoms with van der Waals surface area (Å²) in [7, 11) is 1.32. The van der Waals surface area contributed by atoms with E-state index < -0.39 is 23.6 Å². The Morgan fingerprint density at radius 1 is 1.20 bits per heavy atom. The van der Waals surface area contributed by atoms with Gasteiger partial charge < -0.3 is 19.9 Å². The van der Waals surface area contributed by atoms with Crippen molar-refractivity contribution in [2.24, 2.45) is 5.92 Å². The molecule has 8 nitrogen and oxygen atoms in total. The largest absolute Gasteiger partial charge is 0.469 e. The minimum atomic E-state index is -0.885. The van der Waals surface area contributed by atoms with Crippen LogP contribution in [0, 0.1) is 17.6 Å². The highest BCUT2D eigenvalue weighted by Gasteiger charge is 2.31. The number of nitrogens with one attached hydrogen (secondary N) is 2. The van der Waals surface area contributed by atoms with Gasteiger partial charge in [0.05, 0.1) is 47.7 Å². The molecule has 1 aromatic heterocycles. The number of ether oxygens (including phenoxy) is 1. The Balaban J connectivity index is 1.49. The Kier molecular flexibility index (Phi) is 8.21. The van der Waals surface area contributed by atoms with Gasteiger partial charge in [0.15, 0.2) is 5.82 Å². The number of benzene rings is 2. The molecular weight excluding hydrogens is 554 g/mol. The molecule has 2 amide bonds. The number of aromatic amines is 1. The van der Waals surface area contributed by atoms with E-state index in [9.17, 15) is 23.2 Å². The molecule has 0 aliphatic carbocycles. The molecule has 0 saturated heterocycles. The molecule has 3 aromatic rings. The van der Waals surface area contributed by atoms with Crippen molar-refractivity contribution in [2.45, 2.75) is 45.1 Å². The number of nitrogens with zero attached hydrogens (tertiary/aromatic N) is 2. The summed E-state index contributed by atoms with van der Waals surface area (Å²) in [5.41, 5.74) is 2.49. The molecule has 11 heteroatoms. The molecule has 0 unspecified atom stereocenters. The molecular formula is C30H29ClF2N4O4. The van der Waals surface area contributed by atoms with E-state index in [1.165, 1.54) is 13.2 Å². The maximum atomic E-state index is 14.7. The number of esters is 1. The maximum Gasteiger partial charge on any atom is 0.309 e. The Labute approximate surface area is 240 Å². The van der Waals surface area contributed by atoms with E-state index >= 15 is 0 Å². The van der Waals surface area contributed by atoms with Crippen LogP contribution in [-0.4, -0.2) is 46.3 Å². The smallest absolute Gasteiger partial charge is 0.309 e. The zero-order chi connectivity index (χ0) is 29.3. The van der Waals surface area contributed by atoms with Gasteiger partial charge in [-0.15, -0.1) is 0 Å². The number of carbonyl (C=O) groups excluding carboxylic acids is 3. The van der Waals surface area contributed by atoms with Gasteiger partial charge >= 0.3 is 5.97 Å². The number of rotatable bonds is 4. The average molecular weight is 583 g/mol. The number of amides is 2. The standard InChI is InChI=1S/C30H29ClF2N4O4/c1-16-4-3-5-24(37-11-10-18(14-25(37)38)27-21(32)9-8-20(31)28(27)33)23-15-34-29(35-23)19-7-6-17(13-26(39)41-2)12-22(19)36-30(16)40/h6-9,12,14-16,24H,3-5,10-11,13H2,1-2H3,(H,34,35)(H,36,40)/t16-,24+/m1/s1. The van der Waals surface area contributed by atoms with Crippen LogP contribution in [0.3, 0.4) is 0 Å². The summed E-state index contributed by atoms with van der Waals surface area (Å²) in [4.78, 5) is 47.8. The first-order valence-corrected chi connectivity index (χ1v) is 13.7. The van der Waals surface area contributed by atoms with E-state index in [4.69, 9.17) is 16.3 Å². The van der Waals surface area contributed by atoms with Gasteiger partial charge in [-0.05, 0) is 54.7 Å². The number of methoxy groups -OCH3 is 1. The zero-order valence-corrected chi connectivity index (χ0v) is 23.4. The Bertz CT molecular complexity index is 1550. The van der Waals surface area contributed by atoms with Crippen molar-refractivity contribution < 1.29 is 27.9 Å². The molecule has 0 spiro atoms. The fraction of sp³-hybridized carbons (Fsp3) is 0.333. The van der Waals surface area contributed by atoms with Crippen molar-refractivity contribution >= 4 is 40.6 Å². The number of H-pyrrole nitrogens is 1. The molecule has 3 heterocycles. The first-order chi connectivity index (χ1) is 19.7. The van der Waals surface area contributed by atoms with E-state index in [-0.39, 0.29) is 53.3 Å². The van der Waals surface area contributed by atoms with Crippen LogP contribution in [0.5, 0.6) is 0 Å². The summed E-state index contributed by atoms with van der Waals surface area (Å²) in [5.74, 6) is -2.43. The van der Waals surface area contributed by atoms with Crippen molar-refractivity contribution in [1.29, 1.82) is 0 Å². The summed E-state index contributed by atoms with van der Waals surface area (Å²) in [6, 6.07) is 7.12. The minimum absolute atomic E-state index is 0.0518.